The Balaban J connectivity index is 2.92. The largest absolute Gasteiger partial charge is 0.298 e. The molecule has 2 aromatic carbocycles. The van der Waals surface area contributed by atoms with Gasteiger partial charge in [-0.25, -0.2) is 0 Å². The molecule has 0 aromatic heterocycles. The van der Waals surface area contributed by atoms with Gasteiger partial charge in [-0.2, -0.15) is 0 Å². The van der Waals surface area contributed by atoms with E-state index in [4.69, 9.17) is 0 Å². The minimum Gasteiger partial charge on any atom is -0.298 e. The lowest BCUT2D eigenvalue weighted by Gasteiger charge is -2.06. The molecular formula is C11H5I3O. The van der Waals surface area contributed by atoms with Crippen LogP contribution >= 0.6 is 67.8 Å². The van der Waals surface area contributed by atoms with Crippen LogP contribution in [0.5, 0.6) is 0 Å². The number of rotatable bonds is 1. The van der Waals surface area contributed by atoms with Crippen LogP contribution in [-0.4, -0.2) is 6.29 Å². The average Bonchev–Trinajstić information content (AvgIpc) is 2.23. The summed E-state index contributed by atoms with van der Waals surface area (Å²) in [5.74, 6) is 0. The smallest absolute Gasteiger partial charge is 0.151 e. The Morgan fingerprint density at radius 2 is 1.73 bits per heavy atom. The zero-order chi connectivity index (χ0) is 11.0. The molecule has 0 amide bonds. The van der Waals surface area contributed by atoms with Gasteiger partial charge in [0, 0.05) is 16.3 Å². The van der Waals surface area contributed by atoms with Crippen LogP contribution in [0.2, 0.25) is 0 Å². The van der Waals surface area contributed by atoms with Crippen LogP contribution in [-0.2, 0) is 0 Å². The van der Waals surface area contributed by atoms with Gasteiger partial charge >= 0.3 is 0 Å². The van der Waals surface area contributed by atoms with E-state index in [2.05, 4.69) is 86.0 Å². The van der Waals surface area contributed by atoms with E-state index in [9.17, 15) is 4.79 Å². The van der Waals surface area contributed by atoms with Crippen LogP contribution < -0.4 is 0 Å². The molecule has 0 bridgehead atoms. The minimum absolute atomic E-state index is 0.772. The number of carbonyl (C=O) groups is 1. The van der Waals surface area contributed by atoms with Crippen LogP contribution in [0.3, 0.4) is 0 Å². The van der Waals surface area contributed by atoms with Crippen molar-refractivity contribution in [1.82, 2.24) is 0 Å². The van der Waals surface area contributed by atoms with Gasteiger partial charge in [0.25, 0.3) is 0 Å². The lowest BCUT2D eigenvalue weighted by Crippen LogP contribution is -1.91. The molecule has 0 spiro atoms. The number of benzene rings is 2. The van der Waals surface area contributed by atoms with E-state index in [1.165, 1.54) is 8.96 Å². The van der Waals surface area contributed by atoms with Crippen LogP contribution in [0.15, 0.2) is 24.3 Å². The van der Waals surface area contributed by atoms with Gasteiger partial charge in [0.1, 0.15) is 0 Å². The highest BCUT2D eigenvalue weighted by Crippen LogP contribution is 2.29. The van der Waals surface area contributed by atoms with E-state index in [1.807, 2.05) is 6.07 Å². The average molecular weight is 534 g/mol. The Kier molecular flexibility index (Phi) is 3.87. The molecule has 76 valence electrons. The molecule has 0 saturated heterocycles. The summed E-state index contributed by atoms with van der Waals surface area (Å²) in [7, 11) is 0. The molecule has 0 unspecified atom stereocenters. The van der Waals surface area contributed by atoms with Gasteiger partial charge in [-0.15, -0.1) is 0 Å². The van der Waals surface area contributed by atoms with Crippen LogP contribution in [0.25, 0.3) is 10.8 Å². The molecule has 0 heterocycles. The van der Waals surface area contributed by atoms with Crippen molar-refractivity contribution in [2.75, 3.05) is 0 Å². The first kappa shape index (κ1) is 12.0. The molecule has 4 heteroatoms. The van der Waals surface area contributed by atoms with Gasteiger partial charge in [-0.05, 0) is 96.7 Å². The molecule has 0 aliphatic rings. The second-order valence-electron chi connectivity index (χ2n) is 3.07. The number of aldehydes is 1. The number of hydrogen-bond donors (Lipinski definition) is 0. The Labute approximate surface area is 128 Å². The first-order valence-corrected chi connectivity index (χ1v) is 7.39. The first-order chi connectivity index (χ1) is 7.13. The Morgan fingerprint density at radius 1 is 1.00 bits per heavy atom. The van der Waals surface area contributed by atoms with Crippen LogP contribution in [0.1, 0.15) is 10.4 Å². The maximum atomic E-state index is 10.9. The van der Waals surface area contributed by atoms with E-state index in [0.717, 1.165) is 24.4 Å². The van der Waals surface area contributed by atoms with E-state index < -0.39 is 0 Å². The zero-order valence-electron chi connectivity index (χ0n) is 7.43. The molecule has 0 atom stereocenters. The lowest BCUT2D eigenvalue weighted by molar-refractivity contribution is 0.112. The fourth-order valence-electron chi connectivity index (χ4n) is 1.42. The molecule has 0 N–H and O–H groups in total. The van der Waals surface area contributed by atoms with Crippen molar-refractivity contribution in [3.8, 4) is 0 Å². The van der Waals surface area contributed by atoms with E-state index in [1.54, 1.807) is 0 Å². The summed E-state index contributed by atoms with van der Waals surface area (Å²) in [4.78, 5) is 10.9. The van der Waals surface area contributed by atoms with Crippen molar-refractivity contribution < 1.29 is 4.79 Å². The molecule has 15 heavy (non-hydrogen) atoms. The maximum absolute atomic E-state index is 10.9. The number of halogens is 3. The third-order valence-corrected chi connectivity index (χ3v) is 4.91. The summed E-state index contributed by atoms with van der Waals surface area (Å²) < 4.78 is 3.38. The van der Waals surface area contributed by atoms with Gasteiger partial charge in [0.15, 0.2) is 6.29 Å². The van der Waals surface area contributed by atoms with Crippen molar-refractivity contribution >= 4 is 84.8 Å². The molecule has 0 saturated carbocycles. The number of carbonyl (C=O) groups excluding carboxylic acids is 1. The van der Waals surface area contributed by atoms with E-state index >= 15 is 0 Å². The van der Waals surface area contributed by atoms with Crippen molar-refractivity contribution in [1.29, 1.82) is 0 Å². The molecule has 2 aromatic rings. The van der Waals surface area contributed by atoms with Crippen molar-refractivity contribution in [2.24, 2.45) is 0 Å². The molecule has 0 aliphatic carbocycles. The maximum Gasteiger partial charge on any atom is 0.151 e. The second kappa shape index (κ2) is 4.82. The van der Waals surface area contributed by atoms with E-state index in [-0.39, 0.29) is 0 Å². The van der Waals surface area contributed by atoms with Gasteiger partial charge in [0.05, 0.1) is 0 Å². The normalized spacial score (nSPS) is 10.6. The summed E-state index contributed by atoms with van der Waals surface area (Å²) in [6, 6.07) is 8.23. The summed E-state index contributed by atoms with van der Waals surface area (Å²) in [6.45, 7) is 0. The van der Waals surface area contributed by atoms with Gasteiger partial charge in [0.2, 0.25) is 0 Å². The third kappa shape index (κ3) is 2.31. The molecule has 0 aliphatic heterocycles. The lowest BCUT2D eigenvalue weighted by atomic mass is 10.1. The van der Waals surface area contributed by atoms with Gasteiger partial charge < -0.3 is 0 Å². The fraction of sp³-hybridized carbons (Fsp3) is 0. The Morgan fingerprint density at radius 3 is 2.40 bits per heavy atom. The van der Waals surface area contributed by atoms with Crippen molar-refractivity contribution in [3.63, 3.8) is 0 Å². The molecule has 2 rings (SSSR count). The molecule has 0 fully saturated rings. The number of fused-ring (bicyclic) bond motifs is 1. The van der Waals surface area contributed by atoms with Gasteiger partial charge in [-0.3, -0.25) is 4.79 Å². The molecular weight excluding hydrogens is 529 g/mol. The fourth-order valence-corrected chi connectivity index (χ4v) is 3.45. The SMILES string of the molecule is O=Cc1cc(I)c2cc(I)ccc2c1I. The number of hydrogen-bond acceptors (Lipinski definition) is 1. The molecule has 1 nitrogen and oxygen atoms in total. The monoisotopic (exact) mass is 534 g/mol. The van der Waals surface area contributed by atoms with Gasteiger partial charge in [-0.1, -0.05) is 6.07 Å². The minimum atomic E-state index is 0.772. The van der Waals surface area contributed by atoms with E-state index in [0.29, 0.717) is 0 Å². The summed E-state index contributed by atoms with van der Waals surface area (Å²) in [5.41, 5.74) is 0.772. The first-order valence-electron chi connectivity index (χ1n) is 4.16. The highest BCUT2D eigenvalue weighted by molar-refractivity contribution is 14.1. The Bertz CT molecular complexity index is 549. The van der Waals surface area contributed by atoms with Crippen molar-refractivity contribution in [2.45, 2.75) is 0 Å². The zero-order valence-corrected chi connectivity index (χ0v) is 13.9. The summed E-state index contributed by atoms with van der Waals surface area (Å²) >= 11 is 6.80. The standard InChI is InChI=1S/C11H5I3O/c12-7-1-2-8-9(4-7)10(13)3-6(5-15)11(8)14/h1-5H. The topological polar surface area (TPSA) is 17.1 Å². The Hall–Kier alpha value is 0.560. The predicted molar refractivity (Wildman–Crippen MR) is 87.5 cm³/mol. The van der Waals surface area contributed by atoms with Crippen LogP contribution in [0.4, 0.5) is 0 Å². The highest BCUT2D eigenvalue weighted by atomic mass is 127. The van der Waals surface area contributed by atoms with Crippen molar-refractivity contribution in [3.05, 3.63) is 40.5 Å². The second-order valence-corrected chi connectivity index (χ2v) is 6.56. The predicted octanol–water partition coefficient (Wildman–Crippen LogP) is 4.47. The highest BCUT2D eigenvalue weighted by Gasteiger charge is 2.08. The molecule has 0 radical (unpaired) electrons. The quantitative estimate of drug-likeness (QED) is 0.391. The summed E-state index contributed by atoms with van der Waals surface area (Å²) in [5, 5.41) is 2.38. The third-order valence-electron chi connectivity index (χ3n) is 2.14. The summed E-state index contributed by atoms with van der Waals surface area (Å²) in [6.07, 6.45) is 0.918. The van der Waals surface area contributed by atoms with Crippen LogP contribution in [0, 0.1) is 10.7 Å².